The Bertz CT molecular complexity index is 221. The van der Waals surface area contributed by atoms with Crippen molar-refractivity contribution in [1.82, 2.24) is 10.2 Å². The molecule has 0 saturated heterocycles. The molecule has 102 valence electrons. The van der Waals surface area contributed by atoms with E-state index in [-0.39, 0.29) is 18.0 Å². The molecule has 3 unspecified atom stereocenters. The molecule has 0 aliphatic carbocycles. The highest BCUT2D eigenvalue weighted by Gasteiger charge is 2.20. The molecule has 0 aromatic heterocycles. The summed E-state index contributed by atoms with van der Waals surface area (Å²) in [7, 11) is 1.97. The first-order valence-corrected chi connectivity index (χ1v) is 6.63. The standard InChI is InChI=1S/C13H29N3O/c1-6-7-11(3)15-13(17)12(4)16(5)9-10(2)8-14/h10-12H,6-9,14H2,1-5H3,(H,15,17). The second-order valence-electron chi connectivity index (χ2n) is 5.15. The van der Waals surface area contributed by atoms with E-state index in [1.165, 1.54) is 0 Å². The predicted molar refractivity (Wildman–Crippen MR) is 72.8 cm³/mol. The number of carbonyl (C=O) groups is 1. The number of amides is 1. The van der Waals surface area contributed by atoms with Crippen LogP contribution in [0.3, 0.4) is 0 Å². The molecule has 4 heteroatoms. The fraction of sp³-hybridized carbons (Fsp3) is 0.923. The molecule has 0 bridgehead atoms. The first-order valence-electron chi connectivity index (χ1n) is 6.63. The number of likely N-dealkylation sites (N-methyl/N-ethyl adjacent to an activating group) is 1. The van der Waals surface area contributed by atoms with Crippen LogP contribution in [0.5, 0.6) is 0 Å². The summed E-state index contributed by atoms with van der Waals surface area (Å²) in [5.41, 5.74) is 5.59. The smallest absolute Gasteiger partial charge is 0.237 e. The van der Waals surface area contributed by atoms with Gasteiger partial charge >= 0.3 is 0 Å². The van der Waals surface area contributed by atoms with E-state index in [9.17, 15) is 4.79 Å². The van der Waals surface area contributed by atoms with Gasteiger partial charge in [-0.25, -0.2) is 0 Å². The number of hydrogen-bond acceptors (Lipinski definition) is 3. The van der Waals surface area contributed by atoms with Crippen molar-refractivity contribution in [3.8, 4) is 0 Å². The minimum Gasteiger partial charge on any atom is -0.352 e. The summed E-state index contributed by atoms with van der Waals surface area (Å²) < 4.78 is 0. The van der Waals surface area contributed by atoms with Gasteiger partial charge in [0, 0.05) is 12.6 Å². The fourth-order valence-corrected chi connectivity index (χ4v) is 1.79. The normalized spacial score (nSPS) is 16.6. The topological polar surface area (TPSA) is 58.4 Å². The third-order valence-corrected chi connectivity index (χ3v) is 3.15. The molecule has 4 nitrogen and oxygen atoms in total. The fourth-order valence-electron chi connectivity index (χ4n) is 1.79. The van der Waals surface area contributed by atoms with Gasteiger partial charge in [0.05, 0.1) is 6.04 Å². The van der Waals surface area contributed by atoms with Crippen molar-refractivity contribution in [1.29, 1.82) is 0 Å². The Kier molecular flexibility index (Phi) is 8.17. The van der Waals surface area contributed by atoms with E-state index >= 15 is 0 Å². The van der Waals surface area contributed by atoms with Gasteiger partial charge in [-0.15, -0.1) is 0 Å². The molecule has 0 rings (SSSR count). The molecular weight excluding hydrogens is 214 g/mol. The third kappa shape index (κ3) is 6.64. The SMILES string of the molecule is CCCC(C)NC(=O)C(C)N(C)CC(C)CN. The number of rotatable bonds is 8. The molecule has 0 aliphatic heterocycles. The average molecular weight is 243 g/mol. The van der Waals surface area contributed by atoms with Crippen LogP contribution >= 0.6 is 0 Å². The zero-order valence-electron chi connectivity index (χ0n) is 12.0. The quantitative estimate of drug-likeness (QED) is 0.673. The number of nitrogens with one attached hydrogen (secondary N) is 1. The molecule has 0 aliphatic rings. The third-order valence-electron chi connectivity index (χ3n) is 3.15. The van der Waals surface area contributed by atoms with Gasteiger partial charge in [0.25, 0.3) is 0 Å². The summed E-state index contributed by atoms with van der Waals surface area (Å²) in [4.78, 5) is 14.0. The Morgan fingerprint density at radius 3 is 2.41 bits per heavy atom. The van der Waals surface area contributed by atoms with E-state index in [4.69, 9.17) is 5.73 Å². The van der Waals surface area contributed by atoms with E-state index in [1.54, 1.807) is 0 Å². The van der Waals surface area contributed by atoms with Crippen LogP contribution in [0.4, 0.5) is 0 Å². The van der Waals surface area contributed by atoms with Crippen LogP contribution in [0.2, 0.25) is 0 Å². The highest BCUT2D eigenvalue weighted by Crippen LogP contribution is 2.03. The van der Waals surface area contributed by atoms with Gasteiger partial charge in [-0.2, -0.15) is 0 Å². The molecule has 3 atom stereocenters. The van der Waals surface area contributed by atoms with Gasteiger partial charge in [-0.1, -0.05) is 20.3 Å². The van der Waals surface area contributed by atoms with Crippen LogP contribution in [-0.4, -0.2) is 43.0 Å². The molecule has 0 heterocycles. The maximum Gasteiger partial charge on any atom is 0.237 e. The van der Waals surface area contributed by atoms with Crippen LogP contribution in [0.1, 0.15) is 40.5 Å². The zero-order valence-corrected chi connectivity index (χ0v) is 12.0. The minimum absolute atomic E-state index is 0.0942. The molecular formula is C13H29N3O. The Balaban J connectivity index is 4.10. The maximum absolute atomic E-state index is 12.0. The van der Waals surface area contributed by atoms with Gasteiger partial charge in [0.1, 0.15) is 0 Å². The lowest BCUT2D eigenvalue weighted by Crippen LogP contribution is -2.47. The Morgan fingerprint density at radius 2 is 1.94 bits per heavy atom. The highest BCUT2D eigenvalue weighted by atomic mass is 16.2. The largest absolute Gasteiger partial charge is 0.352 e. The average Bonchev–Trinajstić information content (AvgIpc) is 2.27. The maximum atomic E-state index is 12.0. The van der Waals surface area contributed by atoms with E-state index in [0.717, 1.165) is 19.4 Å². The molecule has 0 aromatic carbocycles. The van der Waals surface area contributed by atoms with Crippen LogP contribution in [0.15, 0.2) is 0 Å². The van der Waals surface area contributed by atoms with Gasteiger partial charge in [0.15, 0.2) is 0 Å². The van der Waals surface area contributed by atoms with Gasteiger partial charge in [-0.05, 0) is 39.8 Å². The van der Waals surface area contributed by atoms with E-state index in [0.29, 0.717) is 12.5 Å². The number of nitrogens with zero attached hydrogens (tertiary/aromatic N) is 1. The van der Waals surface area contributed by atoms with Gasteiger partial charge in [-0.3, -0.25) is 9.69 Å². The number of nitrogens with two attached hydrogens (primary N) is 1. The molecule has 17 heavy (non-hydrogen) atoms. The van der Waals surface area contributed by atoms with Crippen molar-refractivity contribution >= 4 is 5.91 Å². The monoisotopic (exact) mass is 243 g/mol. The van der Waals surface area contributed by atoms with Crippen molar-refractivity contribution in [3.05, 3.63) is 0 Å². The van der Waals surface area contributed by atoms with Crippen molar-refractivity contribution in [3.63, 3.8) is 0 Å². The van der Waals surface area contributed by atoms with Gasteiger partial charge < -0.3 is 11.1 Å². The van der Waals surface area contributed by atoms with Crippen LogP contribution in [0, 0.1) is 5.92 Å². The number of hydrogen-bond donors (Lipinski definition) is 2. The molecule has 0 aromatic rings. The van der Waals surface area contributed by atoms with E-state index in [2.05, 4.69) is 31.0 Å². The molecule has 0 radical (unpaired) electrons. The molecule has 0 fully saturated rings. The summed E-state index contributed by atoms with van der Waals surface area (Å²) in [5.74, 6) is 0.529. The molecule has 0 spiro atoms. The second kappa shape index (κ2) is 8.48. The van der Waals surface area contributed by atoms with E-state index in [1.807, 2.05) is 14.0 Å². The Hall–Kier alpha value is -0.610. The van der Waals surface area contributed by atoms with Crippen LogP contribution in [-0.2, 0) is 4.79 Å². The summed E-state index contributed by atoms with van der Waals surface area (Å²) in [6.07, 6.45) is 2.12. The summed E-state index contributed by atoms with van der Waals surface area (Å²) >= 11 is 0. The summed E-state index contributed by atoms with van der Waals surface area (Å²) in [5, 5.41) is 3.04. The first kappa shape index (κ1) is 16.4. The van der Waals surface area contributed by atoms with Crippen molar-refractivity contribution in [2.45, 2.75) is 52.6 Å². The summed E-state index contributed by atoms with van der Waals surface area (Å²) in [6.45, 7) is 9.73. The Morgan fingerprint density at radius 1 is 1.35 bits per heavy atom. The minimum atomic E-state index is -0.0942. The van der Waals surface area contributed by atoms with Gasteiger partial charge in [0.2, 0.25) is 5.91 Å². The molecule has 0 saturated carbocycles. The molecule has 1 amide bonds. The summed E-state index contributed by atoms with van der Waals surface area (Å²) in [6, 6.07) is 0.165. The van der Waals surface area contributed by atoms with E-state index < -0.39 is 0 Å². The van der Waals surface area contributed by atoms with Crippen LogP contribution < -0.4 is 11.1 Å². The lowest BCUT2D eigenvalue weighted by atomic mass is 10.1. The van der Waals surface area contributed by atoms with Crippen LogP contribution in [0.25, 0.3) is 0 Å². The lowest BCUT2D eigenvalue weighted by Gasteiger charge is -2.27. The van der Waals surface area contributed by atoms with Crippen molar-refractivity contribution < 1.29 is 4.79 Å². The molecule has 3 N–H and O–H groups in total. The highest BCUT2D eigenvalue weighted by molar-refractivity contribution is 5.81. The Labute approximate surface area is 106 Å². The number of carbonyl (C=O) groups excluding carboxylic acids is 1. The zero-order chi connectivity index (χ0) is 13.4. The second-order valence-corrected chi connectivity index (χ2v) is 5.15. The lowest BCUT2D eigenvalue weighted by molar-refractivity contribution is -0.126. The first-order chi connectivity index (χ1) is 7.92. The predicted octanol–water partition coefficient (Wildman–Crippen LogP) is 1.21. The van der Waals surface area contributed by atoms with Crippen molar-refractivity contribution in [2.24, 2.45) is 11.7 Å². The van der Waals surface area contributed by atoms with Crippen molar-refractivity contribution in [2.75, 3.05) is 20.1 Å².